The van der Waals surface area contributed by atoms with Crippen molar-refractivity contribution >= 4 is 39.9 Å². The van der Waals surface area contributed by atoms with Crippen molar-refractivity contribution in [3.63, 3.8) is 0 Å². The van der Waals surface area contributed by atoms with Crippen molar-refractivity contribution in [2.75, 3.05) is 25.3 Å². The zero-order valence-corrected chi connectivity index (χ0v) is 19.4. The van der Waals surface area contributed by atoms with E-state index in [0.29, 0.717) is 28.0 Å². The number of aromatic nitrogens is 4. The molecule has 3 aromatic carbocycles. The Labute approximate surface area is 199 Å². The number of carbonyl (C=O) groups excluding carboxylic acids is 1. The van der Waals surface area contributed by atoms with E-state index in [2.05, 4.69) is 15.5 Å². The number of fused-ring (bicyclic) bond motifs is 3. The highest BCUT2D eigenvalue weighted by molar-refractivity contribution is 7.99. The first kappa shape index (κ1) is 21.7. The molecular formula is C25H21N5O3S. The summed E-state index contributed by atoms with van der Waals surface area (Å²) in [7, 11) is 3.12. The van der Waals surface area contributed by atoms with Gasteiger partial charge in [-0.2, -0.15) is 0 Å². The number of thioether (sulfide) groups is 1. The predicted molar refractivity (Wildman–Crippen MR) is 133 cm³/mol. The zero-order valence-electron chi connectivity index (χ0n) is 18.6. The van der Waals surface area contributed by atoms with E-state index in [1.54, 1.807) is 32.4 Å². The van der Waals surface area contributed by atoms with Gasteiger partial charge in [0.25, 0.3) is 0 Å². The van der Waals surface area contributed by atoms with Crippen LogP contribution < -0.4 is 14.8 Å². The van der Waals surface area contributed by atoms with Gasteiger partial charge in [0.2, 0.25) is 5.91 Å². The van der Waals surface area contributed by atoms with E-state index in [1.165, 1.54) is 11.8 Å². The molecular weight excluding hydrogens is 450 g/mol. The Morgan fingerprint density at radius 2 is 1.76 bits per heavy atom. The number of hydrogen-bond donors (Lipinski definition) is 1. The normalized spacial score (nSPS) is 11.0. The largest absolute Gasteiger partial charge is 0.497 e. The number of hydrogen-bond acceptors (Lipinski definition) is 7. The molecule has 0 saturated carbocycles. The van der Waals surface area contributed by atoms with Gasteiger partial charge in [-0.15, -0.1) is 10.2 Å². The minimum absolute atomic E-state index is 0.127. The van der Waals surface area contributed by atoms with E-state index < -0.39 is 0 Å². The molecule has 0 saturated heterocycles. The van der Waals surface area contributed by atoms with Crippen LogP contribution in [0.25, 0.3) is 27.9 Å². The van der Waals surface area contributed by atoms with Crippen LogP contribution in [0.1, 0.15) is 0 Å². The van der Waals surface area contributed by atoms with Crippen molar-refractivity contribution in [1.82, 2.24) is 19.6 Å². The Morgan fingerprint density at radius 3 is 2.56 bits per heavy atom. The van der Waals surface area contributed by atoms with Crippen LogP contribution >= 0.6 is 11.8 Å². The number of rotatable bonds is 7. The molecule has 0 aliphatic carbocycles. The number of ether oxygens (including phenoxy) is 2. The standard InChI is InChI=1S/C25H21N5O3S/c1-32-17-12-13-21(33-2)20(14-17)26-22(31)15-34-25-29-28-24-18-10-6-7-11-19(18)27-23(30(24)25)16-8-4-3-5-9-16/h3-14H,15H2,1-2H3,(H,26,31). The summed E-state index contributed by atoms with van der Waals surface area (Å²) in [5.74, 6) is 1.81. The van der Waals surface area contributed by atoms with Crippen LogP contribution in [0.4, 0.5) is 5.69 Å². The highest BCUT2D eigenvalue weighted by Gasteiger charge is 2.18. The summed E-state index contributed by atoms with van der Waals surface area (Å²) >= 11 is 1.29. The fourth-order valence-corrected chi connectivity index (χ4v) is 4.40. The first-order valence-corrected chi connectivity index (χ1v) is 11.5. The lowest BCUT2D eigenvalue weighted by molar-refractivity contribution is -0.113. The van der Waals surface area contributed by atoms with Gasteiger partial charge >= 0.3 is 0 Å². The van der Waals surface area contributed by atoms with E-state index in [9.17, 15) is 4.79 Å². The van der Waals surface area contributed by atoms with Crippen LogP contribution in [0, 0.1) is 0 Å². The number of nitrogens with one attached hydrogen (secondary N) is 1. The second kappa shape index (κ2) is 9.40. The molecule has 34 heavy (non-hydrogen) atoms. The zero-order chi connectivity index (χ0) is 23.5. The van der Waals surface area contributed by atoms with Crippen LogP contribution in [-0.2, 0) is 4.79 Å². The summed E-state index contributed by atoms with van der Waals surface area (Å²) in [5.41, 5.74) is 3.00. The Hall–Kier alpha value is -4.11. The molecule has 2 heterocycles. The van der Waals surface area contributed by atoms with Gasteiger partial charge in [-0.3, -0.25) is 9.20 Å². The topological polar surface area (TPSA) is 90.6 Å². The molecule has 170 valence electrons. The van der Waals surface area contributed by atoms with E-state index in [-0.39, 0.29) is 11.7 Å². The highest BCUT2D eigenvalue weighted by atomic mass is 32.2. The van der Waals surface area contributed by atoms with E-state index >= 15 is 0 Å². The highest BCUT2D eigenvalue weighted by Crippen LogP contribution is 2.31. The van der Waals surface area contributed by atoms with Gasteiger partial charge in [0.05, 0.1) is 31.2 Å². The molecule has 0 atom stereocenters. The number of amides is 1. The van der Waals surface area contributed by atoms with Gasteiger partial charge in [-0.25, -0.2) is 4.98 Å². The molecule has 0 fully saturated rings. The van der Waals surface area contributed by atoms with Gasteiger partial charge in [0.1, 0.15) is 17.3 Å². The van der Waals surface area contributed by atoms with Crippen LogP contribution in [0.2, 0.25) is 0 Å². The lowest BCUT2D eigenvalue weighted by Gasteiger charge is -2.12. The van der Waals surface area contributed by atoms with Gasteiger partial charge in [-0.1, -0.05) is 54.2 Å². The summed E-state index contributed by atoms with van der Waals surface area (Å²) in [6.07, 6.45) is 0. The fraction of sp³-hybridized carbons (Fsp3) is 0.120. The van der Waals surface area contributed by atoms with Crippen molar-refractivity contribution in [1.29, 1.82) is 0 Å². The second-order valence-electron chi connectivity index (χ2n) is 7.36. The average Bonchev–Trinajstić information content (AvgIpc) is 3.32. The molecule has 0 radical (unpaired) electrons. The lowest BCUT2D eigenvalue weighted by atomic mass is 10.2. The molecule has 2 aromatic heterocycles. The molecule has 0 bridgehead atoms. The van der Waals surface area contributed by atoms with Crippen LogP contribution in [0.15, 0.2) is 78.0 Å². The summed E-state index contributed by atoms with van der Waals surface area (Å²) in [5, 5.41) is 13.2. The molecule has 5 rings (SSSR count). The number of anilines is 1. The van der Waals surface area contributed by atoms with E-state index in [1.807, 2.05) is 59.0 Å². The summed E-state index contributed by atoms with van der Waals surface area (Å²) < 4.78 is 12.5. The quantitative estimate of drug-likeness (QED) is 0.344. The Morgan fingerprint density at radius 1 is 0.971 bits per heavy atom. The van der Waals surface area contributed by atoms with Gasteiger partial charge < -0.3 is 14.8 Å². The van der Waals surface area contributed by atoms with Crippen molar-refractivity contribution in [3.05, 3.63) is 72.8 Å². The summed E-state index contributed by atoms with van der Waals surface area (Å²) in [6.45, 7) is 0. The van der Waals surface area contributed by atoms with Crippen molar-refractivity contribution < 1.29 is 14.3 Å². The molecule has 8 nitrogen and oxygen atoms in total. The first-order valence-electron chi connectivity index (χ1n) is 10.5. The molecule has 9 heteroatoms. The number of carbonyl (C=O) groups is 1. The minimum Gasteiger partial charge on any atom is -0.497 e. The Balaban J connectivity index is 1.47. The Kier molecular flexibility index (Phi) is 6.01. The van der Waals surface area contributed by atoms with Gasteiger partial charge in [-0.05, 0) is 24.3 Å². The van der Waals surface area contributed by atoms with Crippen LogP contribution in [-0.4, -0.2) is 45.5 Å². The monoisotopic (exact) mass is 471 g/mol. The number of benzene rings is 3. The third kappa shape index (κ3) is 4.13. The molecule has 0 unspecified atom stereocenters. The molecule has 0 spiro atoms. The smallest absolute Gasteiger partial charge is 0.234 e. The van der Waals surface area contributed by atoms with Gasteiger partial charge in [0.15, 0.2) is 10.8 Å². The van der Waals surface area contributed by atoms with Gasteiger partial charge in [0, 0.05) is 17.0 Å². The lowest BCUT2D eigenvalue weighted by Crippen LogP contribution is -2.15. The van der Waals surface area contributed by atoms with E-state index in [4.69, 9.17) is 14.5 Å². The van der Waals surface area contributed by atoms with Crippen LogP contribution in [0.3, 0.4) is 0 Å². The molecule has 1 amide bonds. The van der Waals surface area contributed by atoms with Crippen molar-refractivity contribution in [2.45, 2.75) is 5.16 Å². The maximum absolute atomic E-state index is 12.8. The van der Waals surface area contributed by atoms with E-state index in [0.717, 1.165) is 22.3 Å². The molecule has 0 aliphatic rings. The van der Waals surface area contributed by atoms with Crippen LogP contribution in [0.5, 0.6) is 11.5 Å². The second-order valence-corrected chi connectivity index (χ2v) is 8.31. The molecule has 1 N–H and O–H groups in total. The number of para-hydroxylation sites is 1. The number of methoxy groups -OCH3 is 2. The summed E-state index contributed by atoms with van der Waals surface area (Å²) in [6, 6.07) is 22.9. The third-order valence-electron chi connectivity index (χ3n) is 5.26. The van der Waals surface area contributed by atoms with Crippen molar-refractivity contribution in [3.8, 4) is 22.9 Å². The number of nitrogens with zero attached hydrogens (tertiary/aromatic N) is 4. The maximum Gasteiger partial charge on any atom is 0.234 e. The predicted octanol–water partition coefficient (Wildman–Crippen LogP) is 4.69. The molecule has 0 aliphatic heterocycles. The minimum atomic E-state index is -0.205. The SMILES string of the molecule is COc1ccc(OC)c(NC(=O)CSc2nnc3c4ccccc4nc(-c4ccccc4)n23)c1. The summed E-state index contributed by atoms with van der Waals surface area (Å²) in [4.78, 5) is 17.7. The maximum atomic E-state index is 12.8. The first-order chi connectivity index (χ1) is 16.7. The Bertz CT molecular complexity index is 1490. The van der Waals surface area contributed by atoms with Crippen molar-refractivity contribution in [2.24, 2.45) is 0 Å². The fourth-order valence-electron chi connectivity index (χ4n) is 3.66. The third-order valence-corrected chi connectivity index (χ3v) is 6.19. The molecule has 5 aromatic rings. The average molecular weight is 472 g/mol.